The van der Waals surface area contributed by atoms with Crippen LogP contribution < -0.4 is 16.0 Å². The molecule has 1 aliphatic heterocycles. The summed E-state index contributed by atoms with van der Waals surface area (Å²) in [5.74, 6) is -0.113. The van der Waals surface area contributed by atoms with E-state index in [2.05, 4.69) is 16.0 Å². The van der Waals surface area contributed by atoms with E-state index in [-0.39, 0.29) is 19.0 Å². The predicted molar refractivity (Wildman–Crippen MR) is 89.6 cm³/mol. The molecule has 0 aromatic heterocycles. The van der Waals surface area contributed by atoms with Crippen LogP contribution in [0.1, 0.15) is 31.2 Å². The quantitative estimate of drug-likeness (QED) is 0.620. The SMILES string of the molecule is O=C(O)CCNC(=O)Nc1ccc(CCC2CCNCC2)cc1. The Bertz CT molecular complexity index is 510. The van der Waals surface area contributed by atoms with E-state index in [0.717, 1.165) is 25.4 Å². The second-order valence-electron chi connectivity index (χ2n) is 5.95. The summed E-state index contributed by atoms with van der Waals surface area (Å²) in [4.78, 5) is 22.0. The minimum atomic E-state index is -0.927. The highest BCUT2D eigenvalue weighted by Crippen LogP contribution is 2.19. The zero-order chi connectivity index (χ0) is 16.5. The van der Waals surface area contributed by atoms with Crippen LogP contribution in [0.15, 0.2) is 24.3 Å². The number of carboxylic acids is 1. The maximum Gasteiger partial charge on any atom is 0.319 e. The minimum Gasteiger partial charge on any atom is -0.481 e. The molecule has 4 N–H and O–H groups in total. The van der Waals surface area contributed by atoms with E-state index in [1.165, 1.54) is 24.8 Å². The topological polar surface area (TPSA) is 90.5 Å². The summed E-state index contributed by atoms with van der Waals surface area (Å²) in [6, 6.07) is 7.46. The van der Waals surface area contributed by atoms with Crippen molar-refractivity contribution >= 4 is 17.7 Å². The zero-order valence-electron chi connectivity index (χ0n) is 13.3. The van der Waals surface area contributed by atoms with Gasteiger partial charge in [-0.2, -0.15) is 0 Å². The fraction of sp³-hybridized carbons (Fsp3) is 0.529. The summed E-state index contributed by atoms with van der Waals surface area (Å²) in [7, 11) is 0. The molecular weight excluding hydrogens is 294 g/mol. The highest BCUT2D eigenvalue weighted by Gasteiger charge is 2.12. The number of nitrogens with one attached hydrogen (secondary N) is 3. The third-order valence-corrected chi connectivity index (χ3v) is 4.14. The number of rotatable bonds is 7. The molecule has 1 aliphatic rings. The first-order chi connectivity index (χ1) is 11.1. The molecule has 0 saturated carbocycles. The number of carbonyl (C=O) groups excluding carboxylic acids is 1. The lowest BCUT2D eigenvalue weighted by Crippen LogP contribution is -2.30. The Labute approximate surface area is 136 Å². The average Bonchev–Trinajstić information content (AvgIpc) is 2.55. The van der Waals surface area contributed by atoms with Crippen molar-refractivity contribution in [1.82, 2.24) is 10.6 Å². The molecule has 1 fully saturated rings. The highest BCUT2D eigenvalue weighted by molar-refractivity contribution is 5.89. The molecule has 0 unspecified atom stereocenters. The van der Waals surface area contributed by atoms with E-state index in [9.17, 15) is 9.59 Å². The molecule has 1 aromatic carbocycles. The number of carboxylic acid groups (broad SMARTS) is 1. The van der Waals surface area contributed by atoms with E-state index >= 15 is 0 Å². The lowest BCUT2D eigenvalue weighted by atomic mass is 9.91. The fourth-order valence-corrected chi connectivity index (χ4v) is 2.75. The maximum atomic E-state index is 11.6. The van der Waals surface area contributed by atoms with Crippen LogP contribution in [0, 0.1) is 5.92 Å². The molecule has 2 rings (SSSR count). The van der Waals surface area contributed by atoms with Crippen molar-refractivity contribution in [3.8, 4) is 0 Å². The Morgan fingerprint density at radius 2 is 1.87 bits per heavy atom. The minimum absolute atomic E-state index is 0.0803. The molecule has 126 valence electrons. The lowest BCUT2D eigenvalue weighted by Gasteiger charge is -2.22. The van der Waals surface area contributed by atoms with Gasteiger partial charge in [0.1, 0.15) is 0 Å². The van der Waals surface area contributed by atoms with Crippen LogP contribution >= 0.6 is 0 Å². The van der Waals surface area contributed by atoms with Crippen LogP contribution in [0.25, 0.3) is 0 Å². The summed E-state index contributed by atoms with van der Waals surface area (Å²) in [5, 5.41) is 17.1. The molecule has 1 aromatic rings. The smallest absolute Gasteiger partial charge is 0.319 e. The van der Waals surface area contributed by atoms with Gasteiger partial charge in [0.2, 0.25) is 0 Å². The van der Waals surface area contributed by atoms with Gasteiger partial charge in [-0.15, -0.1) is 0 Å². The summed E-state index contributed by atoms with van der Waals surface area (Å²) in [6.07, 6.45) is 4.72. The summed E-state index contributed by atoms with van der Waals surface area (Å²) in [5.41, 5.74) is 1.99. The highest BCUT2D eigenvalue weighted by atomic mass is 16.4. The van der Waals surface area contributed by atoms with Crippen LogP contribution in [0.2, 0.25) is 0 Å². The Hall–Kier alpha value is -2.08. The number of hydrogen-bond acceptors (Lipinski definition) is 3. The van der Waals surface area contributed by atoms with Crippen molar-refractivity contribution in [3.63, 3.8) is 0 Å². The van der Waals surface area contributed by atoms with Gasteiger partial charge >= 0.3 is 12.0 Å². The Balaban J connectivity index is 1.71. The van der Waals surface area contributed by atoms with E-state index < -0.39 is 5.97 Å². The molecule has 0 atom stereocenters. The molecule has 1 heterocycles. The standard InChI is InChI=1S/C17H25N3O3/c21-16(22)9-12-19-17(23)20-15-5-3-13(4-6-15)1-2-14-7-10-18-11-8-14/h3-6,14,18H,1-2,7-12H2,(H,21,22)(H2,19,20,23). The van der Waals surface area contributed by atoms with Crippen LogP contribution in [-0.4, -0.2) is 36.7 Å². The second-order valence-corrected chi connectivity index (χ2v) is 5.95. The van der Waals surface area contributed by atoms with Crippen molar-refractivity contribution in [3.05, 3.63) is 29.8 Å². The van der Waals surface area contributed by atoms with Crippen LogP contribution in [-0.2, 0) is 11.2 Å². The van der Waals surface area contributed by atoms with E-state index in [4.69, 9.17) is 5.11 Å². The van der Waals surface area contributed by atoms with Gasteiger partial charge in [-0.25, -0.2) is 4.79 Å². The maximum absolute atomic E-state index is 11.6. The first-order valence-corrected chi connectivity index (χ1v) is 8.20. The molecule has 0 bridgehead atoms. The van der Waals surface area contributed by atoms with Gasteiger partial charge in [0.15, 0.2) is 0 Å². The number of piperidine rings is 1. The molecule has 2 amide bonds. The fourth-order valence-electron chi connectivity index (χ4n) is 2.75. The van der Waals surface area contributed by atoms with Gasteiger partial charge in [-0.1, -0.05) is 12.1 Å². The monoisotopic (exact) mass is 319 g/mol. The number of hydrogen-bond donors (Lipinski definition) is 4. The molecule has 6 nitrogen and oxygen atoms in total. The molecule has 0 spiro atoms. The normalized spacial score (nSPS) is 15.1. The number of aliphatic carboxylic acids is 1. The van der Waals surface area contributed by atoms with Gasteiger partial charge in [0.25, 0.3) is 0 Å². The first-order valence-electron chi connectivity index (χ1n) is 8.20. The molecule has 23 heavy (non-hydrogen) atoms. The number of benzene rings is 1. The number of anilines is 1. The van der Waals surface area contributed by atoms with Crippen LogP contribution in [0.3, 0.4) is 0 Å². The Morgan fingerprint density at radius 3 is 2.52 bits per heavy atom. The summed E-state index contributed by atoms with van der Waals surface area (Å²) >= 11 is 0. The van der Waals surface area contributed by atoms with Crippen LogP contribution in [0.5, 0.6) is 0 Å². The lowest BCUT2D eigenvalue weighted by molar-refractivity contribution is -0.136. The summed E-state index contributed by atoms with van der Waals surface area (Å²) < 4.78 is 0. The molecule has 1 saturated heterocycles. The van der Waals surface area contributed by atoms with E-state index in [0.29, 0.717) is 5.69 Å². The number of aryl methyl sites for hydroxylation is 1. The second kappa shape index (κ2) is 9.15. The summed E-state index contributed by atoms with van der Waals surface area (Å²) in [6.45, 7) is 2.38. The van der Waals surface area contributed by atoms with Crippen molar-refractivity contribution in [1.29, 1.82) is 0 Å². The van der Waals surface area contributed by atoms with Gasteiger partial charge < -0.3 is 21.1 Å². The van der Waals surface area contributed by atoms with E-state index in [1.54, 1.807) is 0 Å². The number of urea groups is 1. The number of carbonyl (C=O) groups is 2. The van der Waals surface area contributed by atoms with Gasteiger partial charge in [-0.3, -0.25) is 4.79 Å². The van der Waals surface area contributed by atoms with Crippen molar-refractivity contribution < 1.29 is 14.7 Å². The van der Waals surface area contributed by atoms with Gasteiger partial charge in [0, 0.05) is 12.2 Å². The molecule has 0 radical (unpaired) electrons. The van der Waals surface area contributed by atoms with Gasteiger partial charge in [-0.05, 0) is 62.4 Å². The number of amides is 2. The van der Waals surface area contributed by atoms with Crippen molar-refractivity contribution in [2.45, 2.75) is 32.1 Å². The third-order valence-electron chi connectivity index (χ3n) is 4.14. The first kappa shape index (κ1) is 17.3. The predicted octanol–water partition coefficient (Wildman–Crippen LogP) is 2.21. The third kappa shape index (κ3) is 6.69. The van der Waals surface area contributed by atoms with Gasteiger partial charge in [0.05, 0.1) is 6.42 Å². The van der Waals surface area contributed by atoms with Crippen LogP contribution in [0.4, 0.5) is 10.5 Å². The Kier molecular flexibility index (Phi) is 6.87. The van der Waals surface area contributed by atoms with Crippen molar-refractivity contribution in [2.75, 3.05) is 25.0 Å². The molecule has 0 aliphatic carbocycles. The zero-order valence-corrected chi connectivity index (χ0v) is 13.3. The van der Waals surface area contributed by atoms with E-state index in [1.807, 2.05) is 24.3 Å². The largest absolute Gasteiger partial charge is 0.481 e. The molecular formula is C17H25N3O3. The molecule has 6 heteroatoms. The van der Waals surface area contributed by atoms with Crippen molar-refractivity contribution in [2.24, 2.45) is 5.92 Å². The average molecular weight is 319 g/mol. The Morgan fingerprint density at radius 1 is 1.17 bits per heavy atom.